The largest absolute Gasteiger partial charge is 0.378 e. The van der Waals surface area contributed by atoms with Crippen LogP contribution in [-0.4, -0.2) is 79.6 Å². The van der Waals surface area contributed by atoms with E-state index in [0.29, 0.717) is 32.7 Å². The minimum atomic E-state index is -0.182. The molecule has 0 radical (unpaired) electrons. The lowest BCUT2D eigenvalue weighted by Crippen LogP contribution is -2.48. The van der Waals surface area contributed by atoms with Gasteiger partial charge in [0.05, 0.1) is 19.3 Å². The monoisotopic (exact) mass is 342 g/mol. The predicted molar refractivity (Wildman–Crippen MR) is 94.8 cm³/mol. The Morgan fingerprint density at radius 1 is 1.08 bits per heavy atom. The molecule has 0 bridgehead atoms. The summed E-state index contributed by atoms with van der Waals surface area (Å²) in [7, 11) is 0. The van der Waals surface area contributed by atoms with Gasteiger partial charge in [-0.15, -0.1) is 0 Å². The van der Waals surface area contributed by atoms with Gasteiger partial charge in [0, 0.05) is 52.2 Å². The van der Waals surface area contributed by atoms with Crippen LogP contribution in [0.3, 0.4) is 0 Å². The lowest BCUT2D eigenvalue weighted by molar-refractivity contribution is -0.135. The van der Waals surface area contributed by atoms with Gasteiger partial charge in [0.15, 0.2) is 0 Å². The van der Waals surface area contributed by atoms with Crippen molar-refractivity contribution in [3.05, 3.63) is 35.9 Å². The number of nitriles is 1. The van der Waals surface area contributed by atoms with Crippen molar-refractivity contribution in [2.45, 2.75) is 12.5 Å². The molecule has 2 fully saturated rings. The first kappa shape index (κ1) is 17.9. The topological polar surface area (TPSA) is 59.8 Å². The summed E-state index contributed by atoms with van der Waals surface area (Å²) in [5.41, 5.74) is 1.06. The van der Waals surface area contributed by atoms with Gasteiger partial charge in [0.2, 0.25) is 5.91 Å². The molecule has 3 rings (SSSR count). The summed E-state index contributed by atoms with van der Waals surface area (Å²) < 4.78 is 5.29. The van der Waals surface area contributed by atoms with E-state index in [1.54, 1.807) is 0 Å². The van der Waals surface area contributed by atoms with E-state index in [-0.39, 0.29) is 11.9 Å². The molecule has 1 amide bonds. The van der Waals surface area contributed by atoms with Crippen LogP contribution in [0.1, 0.15) is 18.0 Å². The second-order valence-corrected chi connectivity index (χ2v) is 6.56. The number of rotatable bonds is 5. The second-order valence-electron chi connectivity index (χ2n) is 6.56. The third-order valence-electron chi connectivity index (χ3n) is 5.02. The zero-order valence-corrected chi connectivity index (χ0v) is 14.6. The highest BCUT2D eigenvalue weighted by Crippen LogP contribution is 2.21. The molecule has 25 heavy (non-hydrogen) atoms. The van der Waals surface area contributed by atoms with Gasteiger partial charge in [-0.3, -0.25) is 9.69 Å². The average molecular weight is 342 g/mol. The Bertz CT molecular complexity index is 587. The molecule has 1 unspecified atom stereocenters. The summed E-state index contributed by atoms with van der Waals surface area (Å²) in [5, 5.41) is 9.55. The molecule has 0 aromatic heterocycles. The molecule has 2 aliphatic rings. The van der Waals surface area contributed by atoms with Gasteiger partial charge >= 0.3 is 0 Å². The number of amides is 1. The summed E-state index contributed by atoms with van der Waals surface area (Å²) in [5.74, 6) is 0.227. The van der Waals surface area contributed by atoms with Gasteiger partial charge in [-0.05, 0) is 5.56 Å². The molecule has 1 atom stereocenters. The van der Waals surface area contributed by atoms with Crippen molar-refractivity contribution in [2.75, 3.05) is 59.0 Å². The Balaban J connectivity index is 1.44. The van der Waals surface area contributed by atoms with Crippen molar-refractivity contribution in [2.24, 2.45) is 0 Å². The molecule has 1 aromatic carbocycles. The van der Waals surface area contributed by atoms with E-state index < -0.39 is 0 Å². The highest BCUT2D eigenvalue weighted by Gasteiger charge is 2.25. The standard InChI is InChI=1S/C19H26N4O2/c20-16-18(17-4-2-1-3-5-17)22-10-8-21(9-11-22)7-6-19(24)23-12-14-25-15-13-23/h1-5,18H,6-15H2. The third kappa shape index (κ3) is 4.79. The van der Waals surface area contributed by atoms with Crippen LogP contribution < -0.4 is 0 Å². The van der Waals surface area contributed by atoms with Gasteiger partial charge in [-0.1, -0.05) is 30.3 Å². The minimum Gasteiger partial charge on any atom is -0.378 e. The summed E-state index contributed by atoms with van der Waals surface area (Å²) in [6, 6.07) is 12.2. The number of hydrogen-bond donors (Lipinski definition) is 0. The van der Waals surface area contributed by atoms with Crippen LogP contribution in [0.2, 0.25) is 0 Å². The Hall–Kier alpha value is -1.94. The first-order chi connectivity index (χ1) is 12.3. The number of carbonyl (C=O) groups is 1. The van der Waals surface area contributed by atoms with Crippen LogP contribution >= 0.6 is 0 Å². The Labute approximate surface area is 149 Å². The molecule has 0 saturated carbocycles. The molecule has 0 aliphatic carbocycles. The number of carbonyl (C=O) groups excluding carboxylic acids is 1. The summed E-state index contributed by atoms with van der Waals surface area (Å²) >= 11 is 0. The number of piperazine rings is 1. The molecule has 0 N–H and O–H groups in total. The summed E-state index contributed by atoms with van der Waals surface area (Å²) in [6.45, 7) is 7.06. The van der Waals surface area contributed by atoms with E-state index in [0.717, 1.165) is 38.3 Å². The Morgan fingerprint density at radius 3 is 2.40 bits per heavy atom. The molecular formula is C19H26N4O2. The van der Waals surface area contributed by atoms with Crippen LogP contribution in [0.15, 0.2) is 30.3 Å². The van der Waals surface area contributed by atoms with Gasteiger partial charge in [-0.25, -0.2) is 0 Å². The Morgan fingerprint density at radius 2 is 1.76 bits per heavy atom. The normalized spacial score (nSPS) is 20.8. The summed E-state index contributed by atoms with van der Waals surface area (Å²) in [6.07, 6.45) is 0.570. The minimum absolute atomic E-state index is 0.182. The fraction of sp³-hybridized carbons (Fsp3) is 0.579. The number of nitrogens with zero attached hydrogens (tertiary/aromatic N) is 4. The number of ether oxygens (including phenoxy) is 1. The van der Waals surface area contributed by atoms with Gasteiger partial charge < -0.3 is 14.5 Å². The molecule has 2 heterocycles. The predicted octanol–water partition coefficient (Wildman–Crippen LogP) is 1.12. The van der Waals surface area contributed by atoms with Crippen molar-refractivity contribution in [1.29, 1.82) is 5.26 Å². The fourth-order valence-corrected chi connectivity index (χ4v) is 3.47. The highest BCUT2D eigenvalue weighted by molar-refractivity contribution is 5.76. The van der Waals surface area contributed by atoms with Crippen LogP contribution in [-0.2, 0) is 9.53 Å². The maximum Gasteiger partial charge on any atom is 0.224 e. The molecule has 6 nitrogen and oxygen atoms in total. The highest BCUT2D eigenvalue weighted by atomic mass is 16.5. The summed E-state index contributed by atoms with van der Waals surface area (Å²) in [4.78, 5) is 18.7. The molecule has 1 aromatic rings. The molecule has 0 spiro atoms. The van der Waals surface area contributed by atoms with E-state index in [1.165, 1.54) is 0 Å². The van der Waals surface area contributed by atoms with Crippen molar-refractivity contribution in [3.8, 4) is 6.07 Å². The van der Waals surface area contributed by atoms with Gasteiger partial charge in [0.1, 0.15) is 6.04 Å². The van der Waals surface area contributed by atoms with E-state index in [2.05, 4.69) is 15.9 Å². The maximum absolute atomic E-state index is 12.2. The quantitative estimate of drug-likeness (QED) is 0.802. The maximum atomic E-state index is 12.2. The lowest BCUT2D eigenvalue weighted by Gasteiger charge is -2.37. The van der Waals surface area contributed by atoms with Gasteiger partial charge in [0.25, 0.3) is 0 Å². The number of morpholine rings is 1. The van der Waals surface area contributed by atoms with Crippen molar-refractivity contribution >= 4 is 5.91 Å². The van der Waals surface area contributed by atoms with Crippen LogP contribution in [0, 0.1) is 11.3 Å². The zero-order chi connectivity index (χ0) is 17.5. The SMILES string of the molecule is N#CC(c1ccccc1)N1CCN(CCC(=O)N2CCOCC2)CC1. The fourth-order valence-electron chi connectivity index (χ4n) is 3.47. The van der Waals surface area contributed by atoms with Crippen molar-refractivity contribution in [1.82, 2.24) is 14.7 Å². The molecule has 2 aliphatic heterocycles. The van der Waals surface area contributed by atoms with E-state index in [9.17, 15) is 10.1 Å². The first-order valence-corrected chi connectivity index (χ1v) is 9.04. The van der Waals surface area contributed by atoms with Gasteiger partial charge in [-0.2, -0.15) is 5.26 Å². The van der Waals surface area contributed by atoms with Crippen molar-refractivity contribution in [3.63, 3.8) is 0 Å². The second kappa shape index (κ2) is 8.95. The van der Waals surface area contributed by atoms with E-state index in [4.69, 9.17) is 4.74 Å². The smallest absolute Gasteiger partial charge is 0.224 e. The Kier molecular flexibility index (Phi) is 6.40. The lowest BCUT2D eigenvalue weighted by atomic mass is 10.1. The molecular weight excluding hydrogens is 316 g/mol. The van der Waals surface area contributed by atoms with Crippen LogP contribution in [0.5, 0.6) is 0 Å². The third-order valence-corrected chi connectivity index (χ3v) is 5.02. The van der Waals surface area contributed by atoms with E-state index >= 15 is 0 Å². The number of hydrogen-bond acceptors (Lipinski definition) is 5. The molecule has 2 saturated heterocycles. The van der Waals surface area contributed by atoms with E-state index in [1.807, 2.05) is 35.2 Å². The van der Waals surface area contributed by atoms with Crippen LogP contribution in [0.25, 0.3) is 0 Å². The van der Waals surface area contributed by atoms with Crippen LogP contribution in [0.4, 0.5) is 0 Å². The van der Waals surface area contributed by atoms with Crippen molar-refractivity contribution < 1.29 is 9.53 Å². The first-order valence-electron chi connectivity index (χ1n) is 9.04. The molecule has 6 heteroatoms. The number of benzene rings is 1. The molecule has 134 valence electrons. The zero-order valence-electron chi connectivity index (χ0n) is 14.6. The average Bonchev–Trinajstić information content (AvgIpc) is 2.69.